The summed E-state index contributed by atoms with van der Waals surface area (Å²) in [7, 11) is 3.34. The first-order chi connectivity index (χ1) is 11.6. The zero-order valence-electron chi connectivity index (χ0n) is 15.8. The summed E-state index contributed by atoms with van der Waals surface area (Å²) in [5, 5.41) is 5.41. The summed E-state index contributed by atoms with van der Waals surface area (Å²) in [4.78, 5) is 37.1. The normalized spacial score (nSPS) is 10.9. The predicted octanol–water partition coefficient (Wildman–Crippen LogP) is 1.95. The third-order valence-corrected chi connectivity index (χ3v) is 3.82. The second kappa shape index (κ2) is 9.20. The quantitative estimate of drug-likeness (QED) is 0.740. The molecule has 0 atom stereocenters. The molecule has 1 rings (SSSR count). The maximum Gasteiger partial charge on any atom is 0.251 e. The number of benzene rings is 1. The minimum absolute atomic E-state index is 0.00971. The van der Waals surface area contributed by atoms with Crippen molar-refractivity contribution in [1.29, 1.82) is 0 Å². The van der Waals surface area contributed by atoms with Crippen LogP contribution in [0.15, 0.2) is 24.3 Å². The summed E-state index contributed by atoms with van der Waals surface area (Å²) < 4.78 is 0. The smallest absolute Gasteiger partial charge is 0.251 e. The largest absolute Gasteiger partial charge is 0.356 e. The van der Waals surface area contributed by atoms with Gasteiger partial charge in [0.05, 0.1) is 0 Å². The van der Waals surface area contributed by atoms with Crippen molar-refractivity contribution >= 4 is 17.7 Å². The Morgan fingerprint density at radius 1 is 1.08 bits per heavy atom. The number of rotatable bonds is 7. The Bertz CT molecular complexity index is 603. The van der Waals surface area contributed by atoms with Crippen molar-refractivity contribution in [2.45, 2.75) is 40.2 Å². The molecule has 6 heteroatoms. The van der Waals surface area contributed by atoms with Gasteiger partial charge in [-0.05, 0) is 24.1 Å². The lowest BCUT2D eigenvalue weighted by Crippen LogP contribution is -2.35. The molecule has 6 nitrogen and oxygen atoms in total. The predicted molar refractivity (Wildman–Crippen MR) is 98.0 cm³/mol. The van der Waals surface area contributed by atoms with Crippen molar-refractivity contribution in [2.75, 3.05) is 20.6 Å². The highest BCUT2D eigenvalue weighted by atomic mass is 16.2. The second-order valence-corrected chi connectivity index (χ2v) is 7.14. The van der Waals surface area contributed by atoms with Gasteiger partial charge in [-0.15, -0.1) is 0 Å². The number of nitrogens with zero attached hydrogens (tertiary/aromatic N) is 1. The van der Waals surface area contributed by atoms with Crippen LogP contribution >= 0.6 is 0 Å². The molecule has 0 aliphatic rings. The monoisotopic (exact) mass is 347 g/mol. The molecule has 0 fully saturated rings. The zero-order chi connectivity index (χ0) is 19.0. The maximum absolute atomic E-state index is 12.2. The van der Waals surface area contributed by atoms with Crippen LogP contribution in [0.4, 0.5) is 0 Å². The van der Waals surface area contributed by atoms with E-state index in [0.717, 1.165) is 5.56 Å². The summed E-state index contributed by atoms with van der Waals surface area (Å²) in [6.07, 6.45) is 0.998. The van der Waals surface area contributed by atoms with Gasteiger partial charge in [0.15, 0.2) is 0 Å². The number of amides is 3. The lowest BCUT2D eigenvalue weighted by Gasteiger charge is -2.19. The molecule has 0 saturated heterocycles. The molecule has 1 aromatic carbocycles. The molecule has 0 unspecified atom stereocenters. The van der Waals surface area contributed by atoms with Crippen LogP contribution in [0.25, 0.3) is 0 Å². The van der Waals surface area contributed by atoms with Gasteiger partial charge in [0.1, 0.15) is 0 Å². The van der Waals surface area contributed by atoms with Crippen molar-refractivity contribution in [1.82, 2.24) is 15.5 Å². The van der Waals surface area contributed by atoms with Gasteiger partial charge in [0.2, 0.25) is 11.8 Å². The van der Waals surface area contributed by atoms with Crippen LogP contribution in [0.2, 0.25) is 0 Å². The van der Waals surface area contributed by atoms with Crippen LogP contribution in [0.1, 0.15) is 49.5 Å². The van der Waals surface area contributed by atoms with E-state index in [-0.39, 0.29) is 17.7 Å². The Kier molecular flexibility index (Phi) is 7.61. The van der Waals surface area contributed by atoms with Crippen molar-refractivity contribution < 1.29 is 14.4 Å². The van der Waals surface area contributed by atoms with E-state index in [9.17, 15) is 14.4 Å². The number of carbonyl (C=O) groups excluding carboxylic acids is 3. The van der Waals surface area contributed by atoms with E-state index < -0.39 is 5.41 Å². The van der Waals surface area contributed by atoms with Crippen molar-refractivity contribution in [3.8, 4) is 0 Å². The van der Waals surface area contributed by atoms with Gasteiger partial charge >= 0.3 is 0 Å². The van der Waals surface area contributed by atoms with Crippen LogP contribution in [-0.4, -0.2) is 43.3 Å². The second-order valence-electron chi connectivity index (χ2n) is 7.14. The van der Waals surface area contributed by atoms with Gasteiger partial charge in [-0.3, -0.25) is 14.4 Å². The lowest BCUT2D eigenvalue weighted by atomic mass is 9.96. The third kappa shape index (κ3) is 6.95. The van der Waals surface area contributed by atoms with E-state index in [0.29, 0.717) is 31.5 Å². The summed E-state index contributed by atoms with van der Waals surface area (Å²) in [5.41, 5.74) is 1.14. The average Bonchev–Trinajstić information content (AvgIpc) is 2.57. The van der Waals surface area contributed by atoms with Gasteiger partial charge < -0.3 is 15.5 Å². The number of carbonyl (C=O) groups is 3. The molecule has 25 heavy (non-hydrogen) atoms. The Morgan fingerprint density at radius 2 is 1.68 bits per heavy atom. The van der Waals surface area contributed by atoms with E-state index in [4.69, 9.17) is 0 Å². The van der Waals surface area contributed by atoms with E-state index in [1.807, 2.05) is 32.9 Å². The van der Waals surface area contributed by atoms with E-state index in [1.165, 1.54) is 0 Å². The average molecular weight is 347 g/mol. The van der Waals surface area contributed by atoms with Crippen LogP contribution < -0.4 is 10.6 Å². The first kappa shape index (κ1) is 20.7. The number of hydrogen-bond donors (Lipinski definition) is 2. The molecule has 0 radical (unpaired) electrons. The highest BCUT2D eigenvalue weighted by Gasteiger charge is 2.20. The molecule has 0 aliphatic carbocycles. The molecule has 0 aliphatic heterocycles. The minimum Gasteiger partial charge on any atom is -0.356 e. The molecule has 0 spiro atoms. The van der Waals surface area contributed by atoms with Gasteiger partial charge in [-0.2, -0.15) is 0 Å². The molecule has 1 aromatic rings. The molecule has 138 valence electrons. The van der Waals surface area contributed by atoms with Gasteiger partial charge in [-0.1, -0.05) is 32.9 Å². The number of hydrogen-bond acceptors (Lipinski definition) is 3. The van der Waals surface area contributed by atoms with Crippen molar-refractivity contribution in [3.63, 3.8) is 0 Å². The zero-order valence-corrected chi connectivity index (χ0v) is 15.8. The fourth-order valence-electron chi connectivity index (χ4n) is 2.17. The topological polar surface area (TPSA) is 78.5 Å². The van der Waals surface area contributed by atoms with Crippen LogP contribution in [0.3, 0.4) is 0 Å². The molecule has 3 amide bonds. The third-order valence-electron chi connectivity index (χ3n) is 3.82. The van der Waals surface area contributed by atoms with E-state index in [2.05, 4.69) is 10.6 Å². The Hall–Kier alpha value is -2.37. The SMILES string of the molecule is CNC(=O)c1ccc(CN(C)C(=O)CCCNC(=O)C(C)(C)C)cc1. The van der Waals surface area contributed by atoms with E-state index >= 15 is 0 Å². The molecule has 2 N–H and O–H groups in total. The molecule has 0 saturated carbocycles. The van der Waals surface area contributed by atoms with Gasteiger partial charge in [0.25, 0.3) is 5.91 Å². The fourth-order valence-corrected chi connectivity index (χ4v) is 2.17. The van der Waals surface area contributed by atoms with E-state index in [1.54, 1.807) is 31.1 Å². The van der Waals surface area contributed by atoms with Gasteiger partial charge in [0, 0.05) is 44.6 Å². The first-order valence-electron chi connectivity index (χ1n) is 8.48. The van der Waals surface area contributed by atoms with Crippen molar-refractivity contribution in [2.24, 2.45) is 5.41 Å². The van der Waals surface area contributed by atoms with Crippen LogP contribution in [-0.2, 0) is 16.1 Å². The Labute approximate surface area is 150 Å². The maximum atomic E-state index is 12.2. The highest BCUT2D eigenvalue weighted by molar-refractivity contribution is 5.93. The first-order valence-corrected chi connectivity index (χ1v) is 8.48. The number of nitrogens with one attached hydrogen (secondary N) is 2. The summed E-state index contributed by atoms with van der Waals surface area (Å²) in [6, 6.07) is 7.18. The lowest BCUT2D eigenvalue weighted by molar-refractivity contribution is -0.131. The molecular formula is C19H29N3O3. The van der Waals surface area contributed by atoms with Crippen LogP contribution in [0, 0.1) is 5.41 Å². The molecular weight excluding hydrogens is 318 g/mol. The van der Waals surface area contributed by atoms with Crippen LogP contribution in [0.5, 0.6) is 0 Å². The molecule has 0 bridgehead atoms. The standard InChI is InChI=1S/C19H29N3O3/c1-19(2,3)18(25)21-12-6-7-16(23)22(5)13-14-8-10-15(11-9-14)17(24)20-4/h8-11H,6-7,12-13H2,1-5H3,(H,20,24)(H,21,25). The highest BCUT2D eigenvalue weighted by Crippen LogP contribution is 2.12. The fraction of sp³-hybridized carbons (Fsp3) is 0.526. The summed E-state index contributed by atoms with van der Waals surface area (Å²) >= 11 is 0. The minimum atomic E-state index is -0.415. The summed E-state index contributed by atoms with van der Waals surface area (Å²) in [6.45, 7) is 6.56. The molecule has 0 heterocycles. The Balaban J connectivity index is 2.39. The van der Waals surface area contributed by atoms with Gasteiger partial charge in [-0.25, -0.2) is 0 Å². The van der Waals surface area contributed by atoms with Crippen molar-refractivity contribution in [3.05, 3.63) is 35.4 Å². The molecule has 0 aromatic heterocycles. The summed E-state index contributed by atoms with van der Waals surface area (Å²) in [5.74, 6) is -0.113. The Morgan fingerprint density at radius 3 is 2.20 bits per heavy atom.